The van der Waals surface area contributed by atoms with Gasteiger partial charge in [0, 0.05) is 5.69 Å². The molecule has 1 fully saturated rings. The van der Waals surface area contributed by atoms with Crippen molar-refractivity contribution in [3.05, 3.63) is 17.5 Å². The number of piperidine rings is 1. The summed E-state index contributed by atoms with van der Waals surface area (Å²) < 4.78 is 0. The molecule has 2 rings (SSSR count). The van der Waals surface area contributed by atoms with Crippen LogP contribution in [0.1, 0.15) is 29.0 Å². The van der Waals surface area contributed by atoms with Gasteiger partial charge in [0.1, 0.15) is 0 Å². The van der Waals surface area contributed by atoms with Crippen LogP contribution in [0.2, 0.25) is 0 Å². The van der Waals surface area contributed by atoms with Gasteiger partial charge in [0.25, 0.3) is 0 Å². The Kier molecular flexibility index (Phi) is 3.01. The van der Waals surface area contributed by atoms with E-state index in [2.05, 4.69) is 15.5 Å². The summed E-state index contributed by atoms with van der Waals surface area (Å²) in [6.45, 7) is 2.12. The van der Waals surface area contributed by atoms with E-state index in [1.54, 1.807) is 6.07 Å². The molecular weight excluding hydrogens is 194 g/mol. The molecule has 5 nitrogen and oxygen atoms in total. The molecule has 3 N–H and O–H groups in total. The molecule has 15 heavy (non-hydrogen) atoms. The predicted octanol–water partition coefficient (Wildman–Crippen LogP) is 0.650. The first-order valence-electron chi connectivity index (χ1n) is 5.24. The van der Waals surface area contributed by atoms with Crippen molar-refractivity contribution in [2.24, 2.45) is 5.92 Å². The average Bonchev–Trinajstić information content (AvgIpc) is 2.68. The maximum absolute atomic E-state index is 10.6. The van der Waals surface area contributed by atoms with E-state index in [0.29, 0.717) is 5.92 Å². The van der Waals surface area contributed by atoms with E-state index >= 15 is 0 Å². The Morgan fingerprint density at radius 3 is 2.87 bits per heavy atom. The number of rotatable bonds is 3. The summed E-state index contributed by atoms with van der Waals surface area (Å²) in [6.07, 6.45) is 3.21. The summed E-state index contributed by atoms with van der Waals surface area (Å²) in [5.41, 5.74) is 1.04. The van der Waals surface area contributed by atoms with Gasteiger partial charge in [-0.15, -0.1) is 0 Å². The Hall–Kier alpha value is -1.36. The number of carboxylic acids is 1. The first-order valence-corrected chi connectivity index (χ1v) is 5.24. The van der Waals surface area contributed by atoms with Gasteiger partial charge in [0.15, 0.2) is 5.69 Å². The minimum atomic E-state index is -0.970. The van der Waals surface area contributed by atoms with Crippen molar-refractivity contribution in [2.75, 3.05) is 13.1 Å². The molecule has 0 unspecified atom stereocenters. The fourth-order valence-electron chi connectivity index (χ4n) is 1.97. The zero-order valence-electron chi connectivity index (χ0n) is 8.49. The van der Waals surface area contributed by atoms with Crippen molar-refractivity contribution < 1.29 is 9.90 Å². The van der Waals surface area contributed by atoms with E-state index in [-0.39, 0.29) is 5.69 Å². The second kappa shape index (κ2) is 4.44. The number of aromatic nitrogens is 2. The number of carbonyl (C=O) groups is 1. The fraction of sp³-hybridized carbons (Fsp3) is 0.600. The lowest BCUT2D eigenvalue weighted by Gasteiger charge is -2.21. The van der Waals surface area contributed by atoms with E-state index < -0.39 is 5.97 Å². The third-order valence-corrected chi connectivity index (χ3v) is 2.82. The minimum absolute atomic E-state index is 0.110. The number of hydrogen-bond acceptors (Lipinski definition) is 3. The molecule has 0 radical (unpaired) electrons. The van der Waals surface area contributed by atoms with Gasteiger partial charge in [-0.3, -0.25) is 5.10 Å². The molecular formula is C10H15N3O2. The van der Waals surface area contributed by atoms with Crippen molar-refractivity contribution in [2.45, 2.75) is 19.3 Å². The van der Waals surface area contributed by atoms with Gasteiger partial charge in [-0.2, -0.15) is 5.10 Å². The number of aromatic amines is 1. The largest absolute Gasteiger partial charge is 0.476 e. The number of carboxylic acid groups (broad SMARTS) is 1. The predicted molar refractivity (Wildman–Crippen MR) is 54.8 cm³/mol. The zero-order chi connectivity index (χ0) is 10.7. The fourth-order valence-corrected chi connectivity index (χ4v) is 1.97. The van der Waals surface area contributed by atoms with E-state index in [4.69, 9.17) is 5.11 Å². The highest BCUT2D eigenvalue weighted by Gasteiger charge is 2.15. The lowest BCUT2D eigenvalue weighted by molar-refractivity contribution is 0.0690. The molecule has 0 atom stereocenters. The van der Waals surface area contributed by atoms with Gasteiger partial charge in [0.2, 0.25) is 0 Å². The molecule has 0 aromatic carbocycles. The Morgan fingerprint density at radius 1 is 1.53 bits per heavy atom. The number of nitrogens with one attached hydrogen (secondary N) is 2. The highest BCUT2D eigenvalue weighted by Crippen LogP contribution is 2.17. The number of H-pyrrole nitrogens is 1. The standard InChI is InChI=1S/C10H15N3O2/c14-10(15)9-6-8(12-13-9)5-7-1-3-11-4-2-7/h6-7,11H,1-5H2,(H,12,13)(H,14,15). The SMILES string of the molecule is O=C(O)c1cc(CC2CCNCC2)[nH]n1. The van der Waals surface area contributed by atoms with Crippen LogP contribution in [0.5, 0.6) is 0 Å². The highest BCUT2D eigenvalue weighted by atomic mass is 16.4. The lowest BCUT2D eigenvalue weighted by Crippen LogP contribution is -2.28. The lowest BCUT2D eigenvalue weighted by atomic mass is 9.93. The molecule has 0 bridgehead atoms. The summed E-state index contributed by atoms with van der Waals surface area (Å²) >= 11 is 0. The third-order valence-electron chi connectivity index (χ3n) is 2.82. The van der Waals surface area contributed by atoms with E-state index in [0.717, 1.165) is 38.0 Å². The van der Waals surface area contributed by atoms with Crippen molar-refractivity contribution in [3.8, 4) is 0 Å². The van der Waals surface area contributed by atoms with Crippen LogP contribution >= 0.6 is 0 Å². The molecule has 2 heterocycles. The number of aromatic carboxylic acids is 1. The molecule has 1 aromatic heterocycles. The molecule has 0 spiro atoms. The van der Waals surface area contributed by atoms with Crippen LogP contribution in [-0.2, 0) is 6.42 Å². The second-order valence-corrected chi connectivity index (χ2v) is 3.98. The van der Waals surface area contributed by atoms with E-state index in [9.17, 15) is 4.79 Å². The monoisotopic (exact) mass is 209 g/mol. The van der Waals surface area contributed by atoms with Crippen molar-refractivity contribution >= 4 is 5.97 Å². The molecule has 1 aromatic rings. The second-order valence-electron chi connectivity index (χ2n) is 3.98. The Balaban J connectivity index is 1.94. The normalized spacial score (nSPS) is 17.9. The van der Waals surface area contributed by atoms with E-state index in [1.807, 2.05) is 0 Å². The molecule has 5 heteroatoms. The smallest absolute Gasteiger partial charge is 0.356 e. The number of hydrogen-bond donors (Lipinski definition) is 3. The van der Waals surface area contributed by atoms with Gasteiger partial charge in [-0.1, -0.05) is 0 Å². The van der Waals surface area contributed by atoms with Gasteiger partial charge in [-0.25, -0.2) is 4.79 Å². The summed E-state index contributed by atoms with van der Waals surface area (Å²) in [4.78, 5) is 10.6. The highest BCUT2D eigenvalue weighted by molar-refractivity contribution is 5.85. The number of nitrogens with zero attached hydrogens (tertiary/aromatic N) is 1. The maximum Gasteiger partial charge on any atom is 0.356 e. The first-order chi connectivity index (χ1) is 7.25. The third kappa shape index (κ3) is 2.56. The maximum atomic E-state index is 10.6. The van der Waals surface area contributed by atoms with Crippen LogP contribution in [0.3, 0.4) is 0 Å². The summed E-state index contributed by atoms with van der Waals surface area (Å²) in [7, 11) is 0. The Labute approximate surface area is 87.9 Å². The van der Waals surface area contributed by atoms with Crippen LogP contribution in [0.4, 0.5) is 0 Å². The minimum Gasteiger partial charge on any atom is -0.476 e. The summed E-state index contributed by atoms with van der Waals surface area (Å²) in [5.74, 6) is -0.323. The summed E-state index contributed by atoms with van der Waals surface area (Å²) in [5, 5.41) is 18.5. The first kappa shape index (κ1) is 10.2. The van der Waals surface area contributed by atoms with Crippen molar-refractivity contribution in [1.29, 1.82) is 0 Å². The van der Waals surface area contributed by atoms with Gasteiger partial charge < -0.3 is 10.4 Å². The van der Waals surface area contributed by atoms with Crippen LogP contribution < -0.4 is 5.32 Å². The van der Waals surface area contributed by atoms with Crippen LogP contribution in [0.25, 0.3) is 0 Å². The van der Waals surface area contributed by atoms with Crippen molar-refractivity contribution in [1.82, 2.24) is 15.5 Å². The molecule has 0 aliphatic carbocycles. The summed E-state index contributed by atoms with van der Waals surface area (Å²) in [6, 6.07) is 1.63. The average molecular weight is 209 g/mol. The van der Waals surface area contributed by atoms with E-state index in [1.165, 1.54) is 0 Å². The molecule has 1 aliphatic rings. The Morgan fingerprint density at radius 2 is 2.27 bits per heavy atom. The Bertz CT molecular complexity index is 342. The van der Waals surface area contributed by atoms with Gasteiger partial charge in [-0.05, 0) is 44.3 Å². The topological polar surface area (TPSA) is 78.0 Å². The van der Waals surface area contributed by atoms with Crippen LogP contribution in [0, 0.1) is 5.92 Å². The molecule has 1 aliphatic heterocycles. The molecule has 1 saturated heterocycles. The van der Waals surface area contributed by atoms with Crippen molar-refractivity contribution in [3.63, 3.8) is 0 Å². The zero-order valence-corrected chi connectivity index (χ0v) is 8.49. The van der Waals surface area contributed by atoms with Crippen LogP contribution in [0.15, 0.2) is 6.07 Å². The van der Waals surface area contributed by atoms with Gasteiger partial charge >= 0.3 is 5.97 Å². The van der Waals surface area contributed by atoms with Crippen LogP contribution in [-0.4, -0.2) is 34.4 Å². The molecule has 0 amide bonds. The quantitative estimate of drug-likeness (QED) is 0.683. The molecule has 0 saturated carbocycles. The molecule has 82 valence electrons. The van der Waals surface area contributed by atoms with Gasteiger partial charge in [0.05, 0.1) is 0 Å².